The van der Waals surface area contributed by atoms with Crippen molar-refractivity contribution in [1.82, 2.24) is 0 Å². The van der Waals surface area contributed by atoms with Crippen LogP contribution in [0.5, 0.6) is 5.75 Å². The van der Waals surface area contributed by atoms with Crippen LogP contribution in [0, 0.1) is 17.8 Å². The molecule has 2 aliphatic carbocycles. The molecule has 0 unspecified atom stereocenters. The molecule has 1 nitrogen and oxygen atoms in total. The van der Waals surface area contributed by atoms with Gasteiger partial charge < -0.3 is 4.74 Å². The molecule has 2 saturated carbocycles. The van der Waals surface area contributed by atoms with Gasteiger partial charge in [0.1, 0.15) is 5.75 Å². The second-order valence-corrected chi connectivity index (χ2v) is 9.57. The highest BCUT2D eigenvalue weighted by molar-refractivity contribution is 5.30. The van der Waals surface area contributed by atoms with E-state index >= 15 is 0 Å². The van der Waals surface area contributed by atoms with Gasteiger partial charge in [0.25, 0.3) is 0 Å². The van der Waals surface area contributed by atoms with Crippen LogP contribution in [0.15, 0.2) is 24.3 Å². The molecule has 31 heavy (non-hydrogen) atoms. The zero-order valence-corrected chi connectivity index (χ0v) is 18.4. The quantitative estimate of drug-likeness (QED) is 0.286. The maximum absolute atomic E-state index is 13.0. The van der Waals surface area contributed by atoms with E-state index in [-0.39, 0.29) is 0 Å². The minimum absolute atomic E-state index is 0.346. The Labute approximate surface area is 182 Å². The van der Waals surface area contributed by atoms with Crippen molar-refractivity contribution in [2.45, 2.75) is 102 Å². The maximum atomic E-state index is 13.0. The SMILES string of the molecule is CCCCCC1CCC(C2CCC(c3ccc(OC(F)(F)C(F)(F)F)cc3)CC2)CC1. The van der Waals surface area contributed by atoms with E-state index in [1.54, 1.807) is 12.1 Å². The Hall–Kier alpha value is -1.33. The lowest BCUT2D eigenvalue weighted by molar-refractivity contribution is -0.360. The summed E-state index contributed by atoms with van der Waals surface area (Å²) in [4.78, 5) is 0. The van der Waals surface area contributed by atoms with Gasteiger partial charge in [0.05, 0.1) is 0 Å². The number of ether oxygens (including phenoxy) is 1. The highest BCUT2D eigenvalue weighted by Gasteiger charge is 2.61. The van der Waals surface area contributed by atoms with Gasteiger partial charge in [-0.3, -0.25) is 0 Å². The average Bonchev–Trinajstić information content (AvgIpc) is 2.74. The summed E-state index contributed by atoms with van der Waals surface area (Å²) in [6.45, 7) is 2.25. The first-order chi connectivity index (χ1) is 14.7. The van der Waals surface area contributed by atoms with Crippen LogP contribution in [-0.4, -0.2) is 12.3 Å². The van der Waals surface area contributed by atoms with Crippen molar-refractivity contribution in [3.63, 3.8) is 0 Å². The molecule has 0 heterocycles. The van der Waals surface area contributed by atoms with Crippen molar-refractivity contribution in [1.29, 1.82) is 0 Å². The van der Waals surface area contributed by atoms with Crippen molar-refractivity contribution in [3.05, 3.63) is 29.8 Å². The first kappa shape index (κ1) is 24.3. The predicted octanol–water partition coefficient (Wildman–Crippen LogP) is 8.88. The van der Waals surface area contributed by atoms with Gasteiger partial charge in [-0.05, 0) is 79.9 Å². The van der Waals surface area contributed by atoms with Crippen LogP contribution in [-0.2, 0) is 0 Å². The first-order valence-corrected chi connectivity index (χ1v) is 11.9. The molecule has 2 fully saturated rings. The van der Waals surface area contributed by atoms with Crippen LogP contribution in [0.3, 0.4) is 0 Å². The number of halogens is 5. The second-order valence-electron chi connectivity index (χ2n) is 9.57. The number of alkyl halides is 5. The molecule has 0 atom stereocenters. The van der Waals surface area contributed by atoms with Gasteiger partial charge in [-0.25, -0.2) is 0 Å². The van der Waals surface area contributed by atoms with Crippen LogP contribution < -0.4 is 4.74 Å². The van der Waals surface area contributed by atoms with Gasteiger partial charge in [0.2, 0.25) is 0 Å². The third-order valence-corrected chi connectivity index (χ3v) is 7.47. The number of hydrogen-bond acceptors (Lipinski definition) is 1. The van der Waals surface area contributed by atoms with Gasteiger partial charge in [-0.1, -0.05) is 57.6 Å². The summed E-state index contributed by atoms with van der Waals surface area (Å²) in [5.74, 6) is 2.42. The number of hydrogen-bond donors (Lipinski definition) is 0. The third-order valence-electron chi connectivity index (χ3n) is 7.47. The second kappa shape index (κ2) is 10.5. The number of benzene rings is 1. The van der Waals surface area contributed by atoms with Gasteiger partial charge in [-0.15, -0.1) is 0 Å². The molecule has 0 bridgehead atoms. The van der Waals surface area contributed by atoms with E-state index in [1.807, 2.05) is 0 Å². The molecular weight excluding hydrogens is 411 g/mol. The minimum atomic E-state index is -5.72. The Morgan fingerprint density at radius 1 is 0.774 bits per heavy atom. The molecule has 0 amide bonds. The molecule has 0 spiro atoms. The predicted molar refractivity (Wildman–Crippen MR) is 112 cm³/mol. The summed E-state index contributed by atoms with van der Waals surface area (Å²) in [5.41, 5.74) is 1.00. The summed E-state index contributed by atoms with van der Waals surface area (Å²) in [6.07, 6.45) is 4.42. The van der Waals surface area contributed by atoms with Gasteiger partial charge in [0.15, 0.2) is 0 Å². The summed E-state index contributed by atoms with van der Waals surface area (Å²) >= 11 is 0. The molecule has 0 radical (unpaired) electrons. The minimum Gasteiger partial charge on any atom is -0.426 e. The molecule has 3 rings (SSSR count). The fourth-order valence-corrected chi connectivity index (χ4v) is 5.57. The third kappa shape index (κ3) is 6.58. The van der Waals surface area contributed by atoms with Crippen LogP contribution in [0.4, 0.5) is 22.0 Å². The summed E-state index contributed by atoms with van der Waals surface area (Å²) in [7, 11) is 0. The van der Waals surface area contributed by atoms with Gasteiger partial charge in [-0.2, -0.15) is 22.0 Å². The van der Waals surface area contributed by atoms with Gasteiger partial charge in [0, 0.05) is 0 Å². The monoisotopic (exact) mass is 446 g/mol. The Bertz CT molecular complexity index is 653. The molecule has 0 saturated heterocycles. The smallest absolute Gasteiger partial charge is 0.426 e. The van der Waals surface area contributed by atoms with E-state index in [4.69, 9.17) is 0 Å². The zero-order chi connectivity index (χ0) is 22.5. The Morgan fingerprint density at radius 2 is 1.32 bits per heavy atom. The average molecular weight is 447 g/mol. The van der Waals surface area contributed by atoms with Crippen molar-refractivity contribution in [2.75, 3.05) is 0 Å². The molecule has 1 aromatic rings. The Balaban J connectivity index is 1.44. The zero-order valence-electron chi connectivity index (χ0n) is 18.4. The molecule has 6 heteroatoms. The van der Waals surface area contributed by atoms with E-state index in [1.165, 1.54) is 76.3 Å². The normalized spacial score (nSPS) is 27.8. The van der Waals surface area contributed by atoms with Crippen molar-refractivity contribution in [2.24, 2.45) is 17.8 Å². The molecule has 176 valence electrons. The van der Waals surface area contributed by atoms with E-state index < -0.39 is 18.0 Å². The lowest BCUT2D eigenvalue weighted by Crippen LogP contribution is -2.41. The first-order valence-electron chi connectivity index (χ1n) is 11.9. The number of rotatable bonds is 8. The van der Waals surface area contributed by atoms with Crippen molar-refractivity contribution in [3.8, 4) is 5.75 Å². The lowest BCUT2D eigenvalue weighted by atomic mass is 9.68. The fourth-order valence-electron chi connectivity index (χ4n) is 5.57. The highest BCUT2D eigenvalue weighted by atomic mass is 19.4. The number of unbranched alkanes of at least 4 members (excludes halogenated alkanes) is 2. The van der Waals surface area contributed by atoms with E-state index in [2.05, 4.69) is 11.7 Å². The maximum Gasteiger partial charge on any atom is 0.499 e. The van der Waals surface area contributed by atoms with E-state index in [0.29, 0.717) is 5.92 Å². The molecule has 1 aromatic carbocycles. The Kier molecular flexibility index (Phi) is 8.25. The summed E-state index contributed by atoms with van der Waals surface area (Å²) in [6, 6.07) is 5.71. The van der Waals surface area contributed by atoms with E-state index in [9.17, 15) is 22.0 Å². The molecule has 0 aliphatic heterocycles. The van der Waals surface area contributed by atoms with Crippen LogP contribution in [0.1, 0.15) is 95.5 Å². The fraction of sp³-hybridized carbons (Fsp3) is 0.760. The van der Waals surface area contributed by atoms with Crippen LogP contribution in [0.2, 0.25) is 0 Å². The highest BCUT2D eigenvalue weighted by Crippen LogP contribution is 2.45. The molecule has 0 N–H and O–H groups in total. The molecule has 0 aromatic heterocycles. The van der Waals surface area contributed by atoms with Crippen molar-refractivity contribution < 1.29 is 26.7 Å². The van der Waals surface area contributed by atoms with Crippen LogP contribution in [0.25, 0.3) is 0 Å². The van der Waals surface area contributed by atoms with Crippen LogP contribution >= 0.6 is 0 Å². The summed E-state index contributed by atoms with van der Waals surface area (Å²) in [5, 5.41) is 0. The molecule has 2 aliphatic rings. The lowest BCUT2D eigenvalue weighted by Gasteiger charge is -2.38. The van der Waals surface area contributed by atoms with Crippen molar-refractivity contribution >= 4 is 0 Å². The molecular formula is C25H35F5O. The van der Waals surface area contributed by atoms with Gasteiger partial charge >= 0.3 is 12.3 Å². The topological polar surface area (TPSA) is 9.23 Å². The standard InChI is InChI=1S/C25H35F5O/c1-2-3-4-5-18-6-8-19(9-7-18)20-10-12-21(13-11-20)22-14-16-23(17-15-22)31-25(29,30)24(26,27)28/h14-21H,2-13H2,1H3. The van der Waals surface area contributed by atoms with E-state index in [0.717, 1.165) is 36.2 Å². The Morgan fingerprint density at radius 3 is 1.84 bits per heavy atom. The summed E-state index contributed by atoms with van der Waals surface area (Å²) < 4.78 is 66.9. The largest absolute Gasteiger partial charge is 0.499 e.